The molecule has 0 aliphatic heterocycles. The Morgan fingerprint density at radius 3 is 2.15 bits per heavy atom. The van der Waals surface area contributed by atoms with E-state index in [2.05, 4.69) is 10.6 Å². The van der Waals surface area contributed by atoms with Crippen molar-refractivity contribution in [2.24, 2.45) is 0 Å². The summed E-state index contributed by atoms with van der Waals surface area (Å²) in [5, 5.41) is 25.7. The number of benzene rings is 2. The van der Waals surface area contributed by atoms with E-state index in [-0.39, 0.29) is 29.9 Å². The molecule has 4 atom stereocenters. The summed E-state index contributed by atoms with van der Waals surface area (Å²) >= 11 is 0. The van der Waals surface area contributed by atoms with Crippen LogP contribution >= 0.6 is 0 Å². The zero-order valence-corrected chi connectivity index (χ0v) is 24.7. The van der Waals surface area contributed by atoms with E-state index in [1.54, 1.807) is 45.0 Å². The molecule has 0 aromatic heterocycles. The number of carbonyl (C=O) groups is 3. The number of alkyl carbamates (subject to hydrolysis) is 1. The molecular weight excluding hydrogens is 510 g/mol. The SMILES string of the molecule is CCCC(C)NC(=O)C(c1cccc(O)c1)N(C(=O)C(Cc1ccc(O)cc1)NC(=O)OC(C)(C)C)C(C)CC. The van der Waals surface area contributed by atoms with Crippen LogP contribution in [0.3, 0.4) is 0 Å². The first-order valence-electron chi connectivity index (χ1n) is 13.9. The number of nitrogens with zero attached hydrogens (tertiary/aromatic N) is 1. The molecule has 0 bridgehead atoms. The van der Waals surface area contributed by atoms with Gasteiger partial charge in [0.2, 0.25) is 11.8 Å². The molecule has 2 aromatic carbocycles. The van der Waals surface area contributed by atoms with Gasteiger partial charge in [-0.2, -0.15) is 0 Å². The number of nitrogens with one attached hydrogen (secondary N) is 2. The molecule has 4 N–H and O–H groups in total. The second kappa shape index (κ2) is 14.6. The van der Waals surface area contributed by atoms with Gasteiger partial charge in [-0.05, 0) is 82.9 Å². The van der Waals surface area contributed by atoms with Gasteiger partial charge >= 0.3 is 6.09 Å². The minimum absolute atomic E-state index is 0.0269. The van der Waals surface area contributed by atoms with Crippen LogP contribution in [0, 0.1) is 0 Å². The lowest BCUT2D eigenvalue weighted by molar-refractivity contribution is -0.145. The standard InChI is InChI=1S/C31H45N3O6/c1-8-11-20(3)32-28(37)27(23-12-10-13-25(36)19-23)34(21(4)9-2)29(38)26(33-30(39)40-31(5,6)7)18-22-14-16-24(35)17-15-22/h10,12-17,19-21,26-27,35-36H,8-9,11,18H2,1-7H3,(H,32,37)(H,33,39). The molecule has 3 amide bonds. The highest BCUT2D eigenvalue weighted by Crippen LogP contribution is 2.29. The molecule has 0 saturated carbocycles. The molecule has 40 heavy (non-hydrogen) atoms. The van der Waals surface area contributed by atoms with Crippen molar-refractivity contribution in [1.29, 1.82) is 0 Å². The van der Waals surface area contributed by atoms with Gasteiger partial charge in [-0.1, -0.05) is 44.5 Å². The molecule has 0 aliphatic carbocycles. The van der Waals surface area contributed by atoms with Crippen LogP contribution in [-0.2, 0) is 20.7 Å². The first-order chi connectivity index (χ1) is 18.7. The molecule has 9 heteroatoms. The van der Waals surface area contributed by atoms with Gasteiger partial charge < -0.3 is 30.5 Å². The highest BCUT2D eigenvalue weighted by molar-refractivity contribution is 5.92. The summed E-state index contributed by atoms with van der Waals surface area (Å²) in [6.45, 7) is 12.9. The van der Waals surface area contributed by atoms with E-state index in [4.69, 9.17) is 4.74 Å². The van der Waals surface area contributed by atoms with Crippen LogP contribution in [0.25, 0.3) is 0 Å². The summed E-state index contributed by atoms with van der Waals surface area (Å²) in [7, 11) is 0. The van der Waals surface area contributed by atoms with Crippen LogP contribution in [0.5, 0.6) is 11.5 Å². The van der Waals surface area contributed by atoms with Crippen molar-refractivity contribution in [3.05, 3.63) is 59.7 Å². The largest absolute Gasteiger partial charge is 0.508 e. The molecule has 0 aliphatic rings. The fourth-order valence-electron chi connectivity index (χ4n) is 4.45. The monoisotopic (exact) mass is 555 g/mol. The van der Waals surface area contributed by atoms with Gasteiger partial charge in [-0.3, -0.25) is 9.59 Å². The number of carbonyl (C=O) groups excluding carboxylic acids is 3. The predicted molar refractivity (Wildman–Crippen MR) is 155 cm³/mol. The fraction of sp³-hybridized carbons (Fsp3) is 0.516. The summed E-state index contributed by atoms with van der Waals surface area (Å²) < 4.78 is 5.46. The summed E-state index contributed by atoms with van der Waals surface area (Å²) in [6, 6.07) is 10.0. The van der Waals surface area contributed by atoms with Crippen LogP contribution in [0.15, 0.2) is 48.5 Å². The van der Waals surface area contributed by atoms with Crippen molar-refractivity contribution < 1.29 is 29.3 Å². The molecular formula is C31H45N3O6. The molecule has 2 aromatic rings. The summed E-state index contributed by atoms with van der Waals surface area (Å²) in [5.74, 6) is -0.795. The molecule has 4 unspecified atom stereocenters. The van der Waals surface area contributed by atoms with Crippen LogP contribution in [0.4, 0.5) is 4.79 Å². The third-order valence-electron chi connectivity index (χ3n) is 6.51. The second-order valence-corrected chi connectivity index (χ2v) is 11.3. The van der Waals surface area contributed by atoms with Gasteiger partial charge in [-0.25, -0.2) is 4.79 Å². The number of hydrogen-bond donors (Lipinski definition) is 4. The molecule has 0 spiro atoms. The molecule has 0 saturated heterocycles. The Balaban J connectivity index is 2.59. The molecule has 0 radical (unpaired) electrons. The maximum atomic E-state index is 14.4. The Morgan fingerprint density at radius 1 is 0.950 bits per heavy atom. The van der Waals surface area contributed by atoms with Crippen LogP contribution in [-0.4, -0.2) is 56.7 Å². The zero-order chi connectivity index (χ0) is 30.0. The molecule has 0 fully saturated rings. The van der Waals surface area contributed by atoms with Gasteiger partial charge in [0.05, 0.1) is 0 Å². The fourth-order valence-corrected chi connectivity index (χ4v) is 4.45. The van der Waals surface area contributed by atoms with Crippen molar-refractivity contribution in [3.8, 4) is 11.5 Å². The summed E-state index contributed by atoms with van der Waals surface area (Å²) in [6.07, 6.45) is 1.52. The average Bonchev–Trinajstić information content (AvgIpc) is 2.86. The zero-order valence-electron chi connectivity index (χ0n) is 24.7. The third kappa shape index (κ3) is 9.77. The van der Waals surface area contributed by atoms with Gasteiger partial charge in [0.25, 0.3) is 0 Å². The van der Waals surface area contributed by atoms with Gasteiger partial charge in [0, 0.05) is 18.5 Å². The van der Waals surface area contributed by atoms with E-state index >= 15 is 0 Å². The number of rotatable bonds is 12. The van der Waals surface area contributed by atoms with Gasteiger partial charge in [-0.15, -0.1) is 0 Å². The maximum Gasteiger partial charge on any atom is 0.408 e. The number of phenolic OH excluding ortho intramolecular Hbond substituents is 2. The van der Waals surface area contributed by atoms with Crippen molar-refractivity contribution in [3.63, 3.8) is 0 Å². The van der Waals surface area contributed by atoms with Crippen molar-refractivity contribution in [2.45, 2.75) is 104 Å². The predicted octanol–water partition coefficient (Wildman–Crippen LogP) is 5.21. The van der Waals surface area contributed by atoms with Gasteiger partial charge in [0.1, 0.15) is 29.2 Å². The molecule has 220 valence electrons. The van der Waals surface area contributed by atoms with Crippen LogP contribution in [0.1, 0.15) is 84.9 Å². The molecule has 0 heterocycles. The van der Waals surface area contributed by atoms with E-state index in [0.717, 1.165) is 12.8 Å². The number of phenols is 2. The minimum atomic E-state index is -1.07. The molecule has 2 rings (SSSR count). The Labute approximate surface area is 237 Å². The van der Waals surface area contributed by atoms with Crippen LogP contribution in [0.2, 0.25) is 0 Å². The lowest BCUT2D eigenvalue weighted by Crippen LogP contribution is -2.56. The summed E-state index contributed by atoms with van der Waals surface area (Å²) in [4.78, 5) is 42.6. The smallest absolute Gasteiger partial charge is 0.408 e. The minimum Gasteiger partial charge on any atom is -0.508 e. The normalized spacial score (nSPS) is 14.4. The second-order valence-electron chi connectivity index (χ2n) is 11.3. The summed E-state index contributed by atoms with van der Waals surface area (Å²) in [5.41, 5.74) is 0.369. The van der Waals surface area contributed by atoms with E-state index in [1.807, 2.05) is 27.7 Å². The van der Waals surface area contributed by atoms with E-state index in [1.165, 1.54) is 29.2 Å². The first kappa shape index (κ1) is 32.5. The Hall–Kier alpha value is -3.75. The number of aromatic hydroxyl groups is 2. The topological polar surface area (TPSA) is 128 Å². The van der Waals surface area contributed by atoms with Crippen molar-refractivity contribution in [1.82, 2.24) is 15.5 Å². The molecule has 9 nitrogen and oxygen atoms in total. The highest BCUT2D eigenvalue weighted by Gasteiger charge is 2.39. The van der Waals surface area contributed by atoms with E-state index in [9.17, 15) is 24.6 Å². The number of ether oxygens (including phenoxy) is 1. The lowest BCUT2D eigenvalue weighted by Gasteiger charge is -2.38. The maximum absolute atomic E-state index is 14.4. The van der Waals surface area contributed by atoms with E-state index < -0.39 is 35.7 Å². The van der Waals surface area contributed by atoms with Crippen molar-refractivity contribution >= 4 is 17.9 Å². The third-order valence-corrected chi connectivity index (χ3v) is 6.51. The van der Waals surface area contributed by atoms with Crippen LogP contribution < -0.4 is 10.6 Å². The lowest BCUT2D eigenvalue weighted by atomic mass is 9.97. The quantitative estimate of drug-likeness (QED) is 0.285. The Morgan fingerprint density at radius 2 is 1.60 bits per heavy atom. The first-order valence-corrected chi connectivity index (χ1v) is 13.9. The van der Waals surface area contributed by atoms with Crippen molar-refractivity contribution in [2.75, 3.05) is 0 Å². The van der Waals surface area contributed by atoms with E-state index in [0.29, 0.717) is 17.5 Å². The average molecular weight is 556 g/mol. The van der Waals surface area contributed by atoms with Gasteiger partial charge in [0.15, 0.2) is 0 Å². The number of hydrogen-bond acceptors (Lipinski definition) is 6. The highest BCUT2D eigenvalue weighted by atomic mass is 16.6. The Kier molecular flexibility index (Phi) is 11.8. The Bertz CT molecular complexity index is 1130. The number of amides is 3.